The Kier molecular flexibility index (Phi) is 4.45. The van der Waals surface area contributed by atoms with Crippen molar-refractivity contribution in [3.05, 3.63) is 0 Å². The van der Waals surface area contributed by atoms with E-state index in [1.54, 1.807) is 0 Å². The molecule has 2 nitrogen and oxygen atoms in total. The fourth-order valence-electron chi connectivity index (χ4n) is 3.10. The lowest BCUT2D eigenvalue weighted by atomic mass is 9.92. The predicted octanol–water partition coefficient (Wildman–Crippen LogP) is 2.68. The van der Waals surface area contributed by atoms with Crippen molar-refractivity contribution in [2.45, 2.75) is 51.5 Å². The zero-order valence-corrected chi connectivity index (χ0v) is 10.1. The van der Waals surface area contributed by atoms with Gasteiger partial charge in [-0.3, -0.25) is 0 Å². The molecule has 2 fully saturated rings. The SMILES string of the molecule is CCN1CCCC1CCC1CCOCC1. The lowest BCUT2D eigenvalue weighted by Gasteiger charge is -2.26. The summed E-state index contributed by atoms with van der Waals surface area (Å²) in [4.78, 5) is 2.67. The molecule has 1 unspecified atom stereocenters. The summed E-state index contributed by atoms with van der Waals surface area (Å²) in [6, 6.07) is 0.901. The van der Waals surface area contributed by atoms with Gasteiger partial charge in [-0.15, -0.1) is 0 Å². The summed E-state index contributed by atoms with van der Waals surface area (Å²) in [6.07, 6.45) is 8.34. The van der Waals surface area contributed by atoms with E-state index in [2.05, 4.69) is 11.8 Å². The summed E-state index contributed by atoms with van der Waals surface area (Å²) < 4.78 is 5.40. The van der Waals surface area contributed by atoms with Crippen LogP contribution in [0.4, 0.5) is 0 Å². The van der Waals surface area contributed by atoms with Crippen molar-refractivity contribution in [2.24, 2.45) is 5.92 Å². The summed E-state index contributed by atoms with van der Waals surface area (Å²) in [6.45, 7) is 6.90. The molecule has 0 spiro atoms. The van der Waals surface area contributed by atoms with Crippen LogP contribution in [0.5, 0.6) is 0 Å². The van der Waals surface area contributed by atoms with Crippen LogP contribution in [0.1, 0.15) is 45.4 Å². The minimum Gasteiger partial charge on any atom is -0.381 e. The van der Waals surface area contributed by atoms with Crippen LogP contribution in [-0.4, -0.2) is 37.2 Å². The van der Waals surface area contributed by atoms with E-state index < -0.39 is 0 Å². The highest BCUT2D eigenvalue weighted by Crippen LogP contribution is 2.26. The predicted molar refractivity (Wildman–Crippen MR) is 63.0 cm³/mol. The largest absolute Gasteiger partial charge is 0.381 e. The number of likely N-dealkylation sites (tertiary alicyclic amines) is 1. The van der Waals surface area contributed by atoms with E-state index >= 15 is 0 Å². The fraction of sp³-hybridized carbons (Fsp3) is 1.00. The second-order valence-corrected chi connectivity index (χ2v) is 5.06. The van der Waals surface area contributed by atoms with E-state index in [0.717, 1.165) is 25.2 Å². The maximum absolute atomic E-state index is 5.40. The Hall–Kier alpha value is -0.0800. The van der Waals surface area contributed by atoms with Crippen LogP contribution >= 0.6 is 0 Å². The smallest absolute Gasteiger partial charge is 0.0468 e. The van der Waals surface area contributed by atoms with Crippen molar-refractivity contribution in [2.75, 3.05) is 26.3 Å². The first kappa shape index (κ1) is 11.4. The van der Waals surface area contributed by atoms with Crippen molar-refractivity contribution in [1.29, 1.82) is 0 Å². The molecule has 2 aliphatic rings. The van der Waals surface area contributed by atoms with E-state index in [-0.39, 0.29) is 0 Å². The van der Waals surface area contributed by atoms with Crippen LogP contribution in [0.2, 0.25) is 0 Å². The molecule has 2 saturated heterocycles. The fourth-order valence-corrected chi connectivity index (χ4v) is 3.10. The lowest BCUT2D eigenvalue weighted by Crippen LogP contribution is -2.29. The normalized spacial score (nSPS) is 29.8. The molecule has 1 atom stereocenters. The van der Waals surface area contributed by atoms with Gasteiger partial charge in [0.05, 0.1) is 0 Å². The number of nitrogens with zero attached hydrogens (tertiary/aromatic N) is 1. The van der Waals surface area contributed by atoms with Crippen molar-refractivity contribution in [1.82, 2.24) is 4.90 Å². The maximum Gasteiger partial charge on any atom is 0.0468 e. The third kappa shape index (κ3) is 3.18. The third-order valence-corrected chi connectivity index (χ3v) is 4.15. The zero-order chi connectivity index (χ0) is 10.5. The molecule has 2 heterocycles. The standard InChI is InChI=1S/C13H25NO/c1-2-14-9-3-4-13(14)6-5-12-7-10-15-11-8-12/h12-13H,2-11H2,1H3. The van der Waals surface area contributed by atoms with Gasteiger partial charge >= 0.3 is 0 Å². The molecular formula is C13H25NO. The van der Waals surface area contributed by atoms with Gasteiger partial charge in [0.25, 0.3) is 0 Å². The minimum atomic E-state index is 0.901. The van der Waals surface area contributed by atoms with Gasteiger partial charge in [0, 0.05) is 19.3 Å². The zero-order valence-electron chi connectivity index (χ0n) is 10.1. The highest BCUT2D eigenvalue weighted by molar-refractivity contribution is 4.79. The summed E-state index contributed by atoms with van der Waals surface area (Å²) in [5, 5.41) is 0. The van der Waals surface area contributed by atoms with Crippen LogP contribution in [0.25, 0.3) is 0 Å². The van der Waals surface area contributed by atoms with Gasteiger partial charge in [0.15, 0.2) is 0 Å². The third-order valence-electron chi connectivity index (χ3n) is 4.15. The summed E-state index contributed by atoms with van der Waals surface area (Å²) in [5.74, 6) is 0.957. The van der Waals surface area contributed by atoms with Gasteiger partial charge in [-0.1, -0.05) is 6.92 Å². The van der Waals surface area contributed by atoms with Crippen molar-refractivity contribution >= 4 is 0 Å². The average molecular weight is 211 g/mol. The first-order chi connectivity index (χ1) is 7.40. The van der Waals surface area contributed by atoms with E-state index in [1.807, 2.05) is 0 Å². The second-order valence-electron chi connectivity index (χ2n) is 5.06. The summed E-state index contributed by atoms with van der Waals surface area (Å²) in [5.41, 5.74) is 0. The minimum absolute atomic E-state index is 0.901. The van der Waals surface area contributed by atoms with Crippen molar-refractivity contribution < 1.29 is 4.74 Å². The average Bonchev–Trinajstić information content (AvgIpc) is 2.75. The molecule has 0 aromatic rings. The number of rotatable bonds is 4. The Morgan fingerprint density at radius 2 is 1.93 bits per heavy atom. The van der Waals surface area contributed by atoms with Crippen LogP contribution in [0.15, 0.2) is 0 Å². The Labute approximate surface area is 94.0 Å². The Bertz CT molecular complexity index is 177. The Morgan fingerprint density at radius 3 is 2.67 bits per heavy atom. The van der Waals surface area contributed by atoms with Gasteiger partial charge in [-0.25, -0.2) is 0 Å². The summed E-state index contributed by atoms with van der Waals surface area (Å²) in [7, 11) is 0. The molecule has 2 rings (SSSR count). The number of hydrogen-bond acceptors (Lipinski definition) is 2. The number of hydrogen-bond donors (Lipinski definition) is 0. The molecule has 0 amide bonds. The molecule has 2 aliphatic heterocycles. The molecule has 0 radical (unpaired) electrons. The van der Waals surface area contributed by atoms with Gasteiger partial charge in [0.1, 0.15) is 0 Å². The molecule has 0 bridgehead atoms. The molecule has 0 aromatic carbocycles. The lowest BCUT2D eigenvalue weighted by molar-refractivity contribution is 0.0609. The first-order valence-electron chi connectivity index (χ1n) is 6.72. The topological polar surface area (TPSA) is 12.5 Å². The summed E-state index contributed by atoms with van der Waals surface area (Å²) >= 11 is 0. The van der Waals surface area contributed by atoms with Crippen LogP contribution in [0.3, 0.4) is 0 Å². The van der Waals surface area contributed by atoms with Crippen molar-refractivity contribution in [3.8, 4) is 0 Å². The molecule has 15 heavy (non-hydrogen) atoms. The molecule has 2 heteroatoms. The monoisotopic (exact) mass is 211 g/mol. The van der Waals surface area contributed by atoms with E-state index in [0.29, 0.717) is 0 Å². The maximum atomic E-state index is 5.40. The number of ether oxygens (including phenoxy) is 1. The first-order valence-corrected chi connectivity index (χ1v) is 6.72. The van der Waals surface area contributed by atoms with Gasteiger partial charge in [0.2, 0.25) is 0 Å². The molecular weight excluding hydrogens is 186 g/mol. The highest BCUT2D eigenvalue weighted by atomic mass is 16.5. The van der Waals surface area contributed by atoms with E-state index in [1.165, 1.54) is 51.6 Å². The van der Waals surface area contributed by atoms with E-state index in [4.69, 9.17) is 4.74 Å². The molecule has 0 N–H and O–H groups in total. The molecule has 0 aliphatic carbocycles. The van der Waals surface area contributed by atoms with Crippen LogP contribution in [0, 0.1) is 5.92 Å². The van der Waals surface area contributed by atoms with Crippen molar-refractivity contribution in [3.63, 3.8) is 0 Å². The highest BCUT2D eigenvalue weighted by Gasteiger charge is 2.24. The second kappa shape index (κ2) is 5.86. The quantitative estimate of drug-likeness (QED) is 0.709. The van der Waals surface area contributed by atoms with Crippen LogP contribution in [-0.2, 0) is 4.74 Å². The van der Waals surface area contributed by atoms with Gasteiger partial charge in [-0.2, -0.15) is 0 Å². The van der Waals surface area contributed by atoms with E-state index in [9.17, 15) is 0 Å². The Balaban J connectivity index is 1.67. The molecule has 0 saturated carbocycles. The van der Waals surface area contributed by atoms with Gasteiger partial charge in [-0.05, 0) is 57.5 Å². The molecule has 88 valence electrons. The van der Waals surface area contributed by atoms with Crippen LogP contribution < -0.4 is 0 Å². The van der Waals surface area contributed by atoms with Gasteiger partial charge < -0.3 is 9.64 Å². The Morgan fingerprint density at radius 1 is 1.13 bits per heavy atom. The molecule has 0 aromatic heterocycles.